The maximum Gasteiger partial charge on any atom is 0.236 e. The lowest BCUT2D eigenvalue weighted by atomic mass is 10.3. The highest BCUT2D eigenvalue weighted by atomic mass is 35.5. The standard InChI is InChI=1S/C13H19Cl2N3O/c1-4-7-18(9-13(19)17(2)3)8-11-10(14)5-6-12(15)16-11/h5-6H,4,7-9H2,1-3H3. The minimum absolute atomic E-state index is 0.0617. The van der Waals surface area contributed by atoms with Crippen molar-refractivity contribution in [2.75, 3.05) is 27.2 Å². The Morgan fingerprint density at radius 1 is 1.32 bits per heavy atom. The molecule has 0 saturated heterocycles. The van der Waals surface area contributed by atoms with Gasteiger partial charge in [0.1, 0.15) is 5.15 Å². The van der Waals surface area contributed by atoms with E-state index in [1.54, 1.807) is 31.1 Å². The van der Waals surface area contributed by atoms with E-state index in [0.29, 0.717) is 29.0 Å². The maximum absolute atomic E-state index is 11.8. The van der Waals surface area contributed by atoms with Crippen LogP contribution < -0.4 is 0 Å². The highest BCUT2D eigenvalue weighted by molar-refractivity contribution is 6.32. The molecule has 4 nitrogen and oxygen atoms in total. The van der Waals surface area contributed by atoms with Crippen LogP contribution in [0.1, 0.15) is 19.0 Å². The van der Waals surface area contributed by atoms with Crippen LogP contribution in [0.4, 0.5) is 0 Å². The molecule has 0 bridgehead atoms. The van der Waals surface area contributed by atoms with E-state index in [2.05, 4.69) is 11.9 Å². The van der Waals surface area contributed by atoms with Crippen LogP contribution in [0.2, 0.25) is 10.2 Å². The van der Waals surface area contributed by atoms with Gasteiger partial charge in [0.25, 0.3) is 0 Å². The molecule has 6 heteroatoms. The predicted molar refractivity (Wildman–Crippen MR) is 78.5 cm³/mol. The number of pyridine rings is 1. The summed E-state index contributed by atoms with van der Waals surface area (Å²) in [5.41, 5.74) is 0.703. The fraction of sp³-hybridized carbons (Fsp3) is 0.538. The van der Waals surface area contributed by atoms with E-state index in [1.165, 1.54) is 0 Å². The lowest BCUT2D eigenvalue weighted by molar-refractivity contribution is -0.130. The van der Waals surface area contributed by atoms with Crippen molar-refractivity contribution in [3.8, 4) is 0 Å². The summed E-state index contributed by atoms with van der Waals surface area (Å²) >= 11 is 12.0. The second-order valence-electron chi connectivity index (χ2n) is 4.56. The van der Waals surface area contributed by atoms with Crippen LogP contribution in [0.3, 0.4) is 0 Å². The van der Waals surface area contributed by atoms with Crippen LogP contribution in [-0.2, 0) is 11.3 Å². The SMILES string of the molecule is CCCN(CC(=O)N(C)C)Cc1nc(Cl)ccc1Cl. The van der Waals surface area contributed by atoms with Crippen LogP contribution in [0.25, 0.3) is 0 Å². The molecule has 0 fully saturated rings. The van der Waals surface area contributed by atoms with Crippen LogP contribution in [-0.4, -0.2) is 47.9 Å². The van der Waals surface area contributed by atoms with Gasteiger partial charge in [0.2, 0.25) is 5.91 Å². The summed E-state index contributed by atoms with van der Waals surface area (Å²) in [7, 11) is 3.49. The molecule has 1 rings (SSSR count). The molecule has 1 heterocycles. The van der Waals surface area contributed by atoms with Crippen LogP contribution in [0.5, 0.6) is 0 Å². The van der Waals surface area contributed by atoms with E-state index in [1.807, 2.05) is 4.90 Å². The van der Waals surface area contributed by atoms with Gasteiger partial charge in [0, 0.05) is 20.6 Å². The summed E-state index contributed by atoms with van der Waals surface area (Å²) in [6, 6.07) is 3.38. The van der Waals surface area contributed by atoms with Gasteiger partial charge in [-0.25, -0.2) is 4.98 Å². The van der Waals surface area contributed by atoms with E-state index in [4.69, 9.17) is 23.2 Å². The molecule has 0 saturated carbocycles. The maximum atomic E-state index is 11.8. The number of hydrogen-bond acceptors (Lipinski definition) is 3. The van der Waals surface area contributed by atoms with E-state index in [0.717, 1.165) is 13.0 Å². The van der Waals surface area contributed by atoms with Gasteiger partial charge in [-0.3, -0.25) is 9.69 Å². The first-order chi connectivity index (χ1) is 8.93. The Hall–Kier alpha value is -0.840. The van der Waals surface area contributed by atoms with Gasteiger partial charge in [-0.1, -0.05) is 30.1 Å². The lowest BCUT2D eigenvalue weighted by Crippen LogP contribution is -2.36. The summed E-state index contributed by atoms with van der Waals surface area (Å²) in [4.78, 5) is 19.6. The third-order valence-corrected chi connectivity index (χ3v) is 3.21. The first-order valence-electron chi connectivity index (χ1n) is 6.17. The molecular formula is C13H19Cl2N3O. The van der Waals surface area contributed by atoms with Crippen LogP contribution in [0, 0.1) is 0 Å². The summed E-state index contributed by atoms with van der Waals surface area (Å²) in [5, 5.41) is 0.984. The molecule has 0 aromatic carbocycles. The summed E-state index contributed by atoms with van der Waals surface area (Å²) in [6.07, 6.45) is 0.957. The zero-order chi connectivity index (χ0) is 14.4. The number of carbonyl (C=O) groups excluding carboxylic acids is 1. The first-order valence-corrected chi connectivity index (χ1v) is 6.93. The Labute approximate surface area is 124 Å². The number of hydrogen-bond donors (Lipinski definition) is 0. The lowest BCUT2D eigenvalue weighted by Gasteiger charge is -2.23. The van der Waals surface area contributed by atoms with E-state index >= 15 is 0 Å². The van der Waals surface area contributed by atoms with E-state index in [-0.39, 0.29) is 5.91 Å². The molecule has 106 valence electrons. The Morgan fingerprint density at radius 3 is 2.58 bits per heavy atom. The van der Waals surface area contributed by atoms with Crippen molar-refractivity contribution in [2.24, 2.45) is 0 Å². The normalized spacial score (nSPS) is 10.8. The highest BCUT2D eigenvalue weighted by Crippen LogP contribution is 2.18. The molecular weight excluding hydrogens is 285 g/mol. The van der Waals surface area contributed by atoms with Crippen molar-refractivity contribution in [3.05, 3.63) is 28.0 Å². The van der Waals surface area contributed by atoms with Crippen molar-refractivity contribution in [1.29, 1.82) is 0 Å². The van der Waals surface area contributed by atoms with E-state index < -0.39 is 0 Å². The largest absolute Gasteiger partial charge is 0.348 e. The molecule has 1 amide bonds. The van der Waals surface area contributed by atoms with Gasteiger partial charge in [-0.05, 0) is 25.1 Å². The third-order valence-electron chi connectivity index (χ3n) is 2.66. The smallest absolute Gasteiger partial charge is 0.236 e. The zero-order valence-corrected chi connectivity index (χ0v) is 13.0. The molecule has 0 atom stereocenters. The van der Waals surface area contributed by atoms with Crippen molar-refractivity contribution < 1.29 is 4.79 Å². The molecule has 0 radical (unpaired) electrons. The van der Waals surface area contributed by atoms with Crippen molar-refractivity contribution in [2.45, 2.75) is 19.9 Å². The second-order valence-corrected chi connectivity index (χ2v) is 5.36. The molecule has 0 aliphatic carbocycles. The monoisotopic (exact) mass is 303 g/mol. The third kappa shape index (κ3) is 5.35. The molecule has 1 aromatic heterocycles. The quantitative estimate of drug-likeness (QED) is 0.758. The van der Waals surface area contributed by atoms with Crippen LogP contribution >= 0.6 is 23.2 Å². The van der Waals surface area contributed by atoms with Crippen molar-refractivity contribution in [3.63, 3.8) is 0 Å². The van der Waals surface area contributed by atoms with Gasteiger partial charge >= 0.3 is 0 Å². The highest BCUT2D eigenvalue weighted by Gasteiger charge is 2.14. The minimum atomic E-state index is 0.0617. The number of likely N-dealkylation sites (N-methyl/N-ethyl adjacent to an activating group) is 1. The molecule has 19 heavy (non-hydrogen) atoms. The van der Waals surface area contributed by atoms with Gasteiger partial charge in [-0.15, -0.1) is 0 Å². The molecule has 0 aliphatic heterocycles. The Bertz CT molecular complexity index is 438. The Kier molecular flexibility index (Phi) is 6.55. The fourth-order valence-corrected chi connectivity index (χ4v) is 1.97. The molecule has 0 aliphatic rings. The van der Waals surface area contributed by atoms with Crippen molar-refractivity contribution in [1.82, 2.24) is 14.8 Å². The number of aromatic nitrogens is 1. The average Bonchev–Trinajstić information content (AvgIpc) is 2.34. The predicted octanol–water partition coefficient (Wildman–Crippen LogP) is 2.69. The topological polar surface area (TPSA) is 36.4 Å². The summed E-state index contributed by atoms with van der Waals surface area (Å²) in [5.74, 6) is 0.0617. The average molecular weight is 304 g/mol. The minimum Gasteiger partial charge on any atom is -0.348 e. The Balaban J connectivity index is 2.77. The van der Waals surface area contributed by atoms with Gasteiger partial charge in [0.05, 0.1) is 17.3 Å². The number of amides is 1. The number of nitrogens with zero attached hydrogens (tertiary/aromatic N) is 3. The van der Waals surface area contributed by atoms with Gasteiger partial charge < -0.3 is 4.90 Å². The summed E-state index contributed by atoms with van der Waals surface area (Å²) in [6.45, 7) is 3.75. The van der Waals surface area contributed by atoms with Crippen molar-refractivity contribution >= 4 is 29.1 Å². The Morgan fingerprint density at radius 2 is 2.00 bits per heavy atom. The second kappa shape index (κ2) is 7.68. The number of rotatable bonds is 6. The summed E-state index contributed by atoms with van der Waals surface area (Å²) < 4.78 is 0. The first kappa shape index (κ1) is 16.2. The molecule has 1 aromatic rings. The number of halogens is 2. The van der Waals surface area contributed by atoms with Crippen LogP contribution in [0.15, 0.2) is 12.1 Å². The van der Waals surface area contributed by atoms with E-state index in [9.17, 15) is 4.79 Å². The molecule has 0 N–H and O–H groups in total. The van der Waals surface area contributed by atoms with Gasteiger partial charge in [-0.2, -0.15) is 0 Å². The molecule has 0 unspecified atom stereocenters. The number of carbonyl (C=O) groups is 1. The van der Waals surface area contributed by atoms with Gasteiger partial charge in [0.15, 0.2) is 0 Å². The molecule has 0 spiro atoms. The fourth-order valence-electron chi connectivity index (χ4n) is 1.64. The zero-order valence-electron chi connectivity index (χ0n) is 11.5.